The Labute approximate surface area is 125 Å². The molecule has 1 atom stereocenters. The Morgan fingerprint density at radius 1 is 1.09 bits per heavy atom. The van der Waals surface area contributed by atoms with Gasteiger partial charge in [0.05, 0.1) is 0 Å². The third-order valence-corrected chi connectivity index (χ3v) is 2.94. The Hall–Kier alpha value is -2.50. The topological polar surface area (TPSA) is 38.3 Å². The van der Waals surface area contributed by atoms with Gasteiger partial charge in [-0.2, -0.15) is 0 Å². The average Bonchev–Trinajstić information content (AvgIpc) is 2.50. The first kappa shape index (κ1) is 15.9. The number of hydrogen-bond acceptors (Lipinski definition) is 2. The molecule has 0 heterocycles. The van der Waals surface area contributed by atoms with Crippen LogP contribution < -0.4 is 10.1 Å². The summed E-state index contributed by atoms with van der Waals surface area (Å²) >= 11 is 0. The number of benzene rings is 2. The maximum Gasteiger partial charge on any atom is 0.265 e. The molecule has 0 aliphatic carbocycles. The Balaban J connectivity index is 2.04. The third-order valence-electron chi connectivity index (χ3n) is 2.94. The molecule has 0 radical (unpaired) electrons. The van der Waals surface area contributed by atoms with Crippen molar-refractivity contribution in [3.05, 3.63) is 59.9 Å². The van der Waals surface area contributed by atoms with Gasteiger partial charge in [-0.05, 0) is 42.8 Å². The molecule has 22 heavy (non-hydrogen) atoms. The van der Waals surface area contributed by atoms with Gasteiger partial charge in [-0.3, -0.25) is 4.79 Å². The van der Waals surface area contributed by atoms with E-state index in [0.29, 0.717) is 12.2 Å². The molecule has 0 aromatic heterocycles. The van der Waals surface area contributed by atoms with Crippen molar-refractivity contribution >= 4 is 11.6 Å². The Bertz CT molecular complexity index is 659. The van der Waals surface area contributed by atoms with E-state index in [2.05, 4.69) is 5.32 Å². The van der Waals surface area contributed by atoms with Crippen LogP contribution in [0.2, 0.25) is 0 Å². The van der Waals surface area contributed by atoms with Gasteiger partial charge in [-0.25, -0.2) is 13.2 Å². The van der Waals surface area contributed by atoms with Crippen LogP contribution in [0.5, 0.6) is 5.75 Å². The summed E-state index contributed by atoms with van der Waals surface area (Å²) in [7, 11) is 0. The van der Waals surface area contributed by atoms with Gasteiger partial charge in [0.2, 0.25) is 0 Å². The molecule has 6 heteroatoms. The molecule has 2 rings (SSSR count). The van der Waals surface area contributed by atoms with Crippen LogP contribution in [0.3, 0.4) is 0 Å². The fourth-order valence-corrected chi connectivity index (χ4v) is 1.80. The highest BCUT2D eigenvalue weighted by Gasteiger charge is 2.19. The van der Waals surface area contributed by atoms with Crippen LogP contribution in [0.1, 0.15) is 13.3 Å². The lowest BCUT2D eigenvalue weighted by atomic mass is 10.2. The average molecular weight is 309 g/mol. The lowest BCUT2D eigenvalue weighted by Crippen LogP contribution is -2.32. The van der Waals surface area contributed by atoms with E-state index in [1.807, 2.05) is 0 Å². The summed E-state index contributed by atoms with van der Waals surface area (Å²) in [6.45, 7) is 1.74. The Kier molecular flexibility index (Phi) is 5.04. The fourth-order valence-electron chi connectivity index (χ4n) is 1.80. The van der Waals surface area contributed by atoms with E-state index in [4.69, 9.17) is 4.74 Å². The van der Waals surface area contributed by atoms with Crippen LogP contribution in [0.4, 0.5) is 18.9 Å². The molecule has 1 N–H and O–H groups in total. The summed E-state index contributed by atoms with van der Waals surface area (Å²) in [5.74, 6) is -2.61. The number of carbonyl (C=O) groups excluding carboxylic acids is 1. The maximum atomic E-state index is 13.1. The van der Waals surface area contributed by atoms with Crippen LogP contribution in [0.15, 0.2) is 42.5 Å². The SMILES string of the molecule is CC[C@H](Oc1ccc(F)cc1)C(=O)Nc1ccc(F)c(F)c1. The van der Waals surface area contributed by atoms with Crippen molar-refractivity contribution in [3.8, 4) is 5.75 Å². The second-order valence-corrected chi connectivity index (χ2v) is 4.59. The van der Waals surface area contributed by atoms with Crippen molar-refractivity contribution in [1.29, 1.82) is 0 Å². The number of halogens is 3. The monoisotopic (exact) mass is 309 g/mol. The van der Waals surface area contributed by atoms with Crippen LogP contribution in [0, 0.1) is 17.5 Å². The second-order valence-electron chi connectivity index (χ2n) is 4.59. The van der Waals surface area contributed by atoms with Gasteiger partial charge in [0.15, 0.2) is 17.7 Å². The van der Waals surface area contributed by atoms with Crippen molar-refractivity contribution < 1.29 is 22.7 Å². The van der Waals surface area contributed by atoms with E-state index in [9.17, 15) is 18.0 Å². The minimum absolute atomic E-state index is 0.130. The number of ether oxygens (including phenoxy) is 1. The summed E-state index contributed by atoms with van der Waals surface area (Å²) in [4.78, 5) is 12.1. The smallest absolute Gasteiger partial charge is 0.265 e. The standard InChI is InChI=1S/C16H14F3NO2/c1-2-15(22-12-6-3-10(17)4-7-12)16(21)20-11-5-8-13(18)14(19)9-11/h3-9,15H,2H2,1H3,(H,20,21)/t15-/m0/s1. The highest BCUT2D eigenvalue weighted by molar-refractivity contribution is 5.94. The molecule has 0 bridgehead atoms. The minimum Gasteiger partial charge on any atom is -0.481 e. The van der Waals surface area contributed by atoms with Gasteiger partial charge >= 0.3 is 0 Å². The number of hydrogen-bond donors (Lipinski definition) is 1. The fraction of sp³-hybridized carbons (Fsp3) is 0.188. The van der Waals surface area contributed by atoms with Crippen molar-refractivity contribution in [2.24, 2.45) is 0 Å². The first-order chi connectivity index (χ1) is 10.5. The molecule has 116 valence electrons. The molecule has 0 aliphatic heterocycles. The van der Waals surface area contributed by atoms with Gasteiger partial charge in [0.25, 0.3) is 5.91 Å². The number of anilines is 1. The second kappa shape index (κ2) is 6.98. The lowest BCUT2D eigenvalue weighted by molar-refractivity contribution is -0.122. The summed E-state index contributed by atoms with van der Waals surface area (Å²) in [5, 5.41) is 2.45. The van der Waals surface area contributed by atoms with Crippen molar-refractivity contribution in [3.63, 3.8) is 0 Å². The van der Waals surface area contributed by atoms with Crippen LogP contribution in [-0.4, -0.2) is 12.0 Å². The number of rotatable bonds is 5. The van der Waals surface area contributed by atoms with Crippen molar-refractivity contribution in [2.75, 3.05) is 5.32 Å². The third kappa shape index (κ3) is 4.00. The highest BCUT2D eigenvalue weighted by Crippen LogP contribution is 2.17. The molecule has 3 nitrogen and oxygen atoms in total. The van der Waals surface area contributed by atoms with Crippen molar-refractivity contribution in [2.45, 2.75) is 19.4 Å². The van der Waals surface area contributed by atoms with E-state index >= 15 is 0 Å². The molecule has 0 fully saturated rings. The zero-order chi connectivity index (χ0) is 16.1. The van der Waals surface area contributed by atoms with Gasteiger partial charge in [0.1, 0.15) is 11.6 Å². The molecule has 0 aliphatic rings. The predicted octanol–water partition coefficient (Wildman–Crippen LogP) is 3.90. The molecule has 0 spiro atoms. The van der Waals surface area contributed by atoms with Crippen LogP contribution >= 0.6 is 0 Å². The normalized spacial score (nSPS) is 11.8. The van der Waals surface area contributed by atoms with E-state index in [0.717, 1.165) is 12.1 Å². The first-order valence-electron chi connectivity index (χ1n) is 6.67. The molecular formula is C16H14F3NO2. The van der Waals surface area contributed by atoms with E-state index in [1.54, 1.807) is 6.92 Å². The zero-order valence-electron chi connectivity index (χ0n) is 11.8. The molecular weight excluding hydrogens is 295 g/mol. The van der Waals surface area contributed by atoms with Crippen LogP contribution in [-0.2, 0) is 4.79 Å². The molecule has 0 saturated carbocycles. The van der Waals surface area contributed by atoms with Crippen LogP contribution in [0.25, 0.3) is 0 Å². The molecule has 2 aromatic carbocycles. The molecule has 0 unspecified atom stereocenters. The Morgan fingerprint density at radius 2 is 1.77 bits per heavy atom. The molecule has 0 saturated heterocycles. The Morgan fingerprint density at radius 3 is 2.36 bits per heavy atom. The van der Waals surface area contributed by atoms with Crippen molar-refractivity contribution in [1.82, 2.24) is 0 Å². The zero-order valence-corrected chi connectivity index (χ0v) is 11.8. The largest absolute Gasteiger partial charge is 0.481 e. The lowest BCUT2D eigenvalue weighted by Gasteiger charge is -2.17. The van der Waals surface area contributed by atoms with Gasteiger partial charge < -0.3 is 10.1 Å². The minimum atomic E-state index is -1.05. The summed E-state index contributed by atoms with van der Waals surface area (Å²) in [6, 6.07) is 8.31. The predicted molar refractivity (Wildman–Crippen MR) is 76.1 cm³/mol. The summed E-state index contributed by atoms with van der Waals surface area (Å²) < 4.78 is 44.2. The van der Waals surface area contributed by atoms with E-state index < -0.39 is 29.5 Å². The quantitative estimate of drug-likeness (QED) is 0.909. The molecule has 1 amide bonds. The molecule has 2 aromatic rings. The summed E-state index contributed by atoms with van der Waals surface area (Å²) in [5.41, 5.74) is 0.130. The number of amides is 1. The van der Waals surface area contributed by atoms with Gasteiger partial charge in [0, 0.05) is 11.8 Å². The highest BCUT2D eigenvalue weighted by atomic mass is 19.2. The first-order valence-corrected chi connectivity index (χ1v) is 6.67. The number of carbonyl (C=O) groups is 1. The van der Waals surface area contributed by atoms with Gasteiger partial charge in [-0.15, -0.1) is 0 Å². The summed E-state index contributed by atoms with van der Waals surface area (Å²) in [6.07, 6.45) is -0.481. The van der Waals surface area contributed by atoms with E-state index in [-0.39, 0.29) is 5.69 Å². The van der Waals surface area contributed by atoms with Gasteiger partial charge in [-0.1, -0.05) is 6.92 Å². The number of nitrogens with one attached hydrogen (secondary N) is 1. The van der Waals surface area contributed by atoms with E-state index in [1.165, 1.54) is 30.3 Å². The maximum absolute atomic E-state index is 13.1.